The third-order valence-electron chi connectivity index (χ3n) is 1.45. The molecule has 2 nitrogen and oxygen atoms in total. The Morgan fingerprint density at radius 3 is 1.70 bits per heavy atom. The van der Waals surface area contributed by atoms with Crippen LogP contribution in [0.4, 0.5) is 0 Å². The summed E-state index contributed by atoms with van der Waals surface area (Å²) in [5, 5.41) is 3.22. The molecule has 0 saturated carbocycles. The van der Waals surface area contributed by atoms with Gasteiger partial charge in [-0.15, -0.1) is 0 Å². The first kappa shape index (κ1) is 7.35. The van der Waals surface area contributed by atoms with Gasteiger partial charge in [-0.05, 0) is 38.1 Å². The van der Waals surface area contributed by atoms with Gasteiger partial charge >= 0.3 is 0 Å². The maximum absolute atomic E-state index is 3.22. The lowest BCUT2D eigenvalue weighted by molar-refractivity contribution is 0.857. The lowest BCUT2D eigenvalue weighted by Crippen LogP contribution is -2.03. The van der Waals surface area contributed by atoms with Gasteiger partial charge in [0.2, 0.25) is 0 Å². The third-order valence-corrected chi connectivity index (χ3v) is 1.45. The van der Waals surface area contributed by atoms with Gasteiger partial charge in [0.05, 0.1) is 0 Å². The first-order chi connectivity index (χ1) is 5.00. The van der Waals surface area contributed by atoms with Crippen molar-refractivity contribution in [3.8, 4) is 0 Å². The highest BCUT2D eigenvalue weighted by atomic mass is 14.9. The van der Waals surface area contributed by atoms with E-state index in [1.54, 1.807) is 0 Å². The smallest absolute Gasteiger partial charge is 0.000496 e. The molecule has 1 aromatic heterocycles. The van der Waals surface area contributed by atoms with E-state index in [0.717, 1.165) is 0 Å². The highest BCUT2D eigenvalue weighted by Crippen LogP contribution is 1.90. The highest BCUT2D eigenvalue weighted by molar-refractivity contribution is 4.84. The van der Waals surface area contributed by atoms with Gasteiger partial charge < -0.3 is 10.3 Å². The van der Waals surface area contributed by atoms with E-state index in [4.69, 9.17) is 0 Å². The molecule has 1 fully saturated rings. The highest BCUT2D eigenvalue weighted by Gasteiger charge is 1.93. The second-order valence-electron chi connectivity index (χ2n) is 2.34. The van der Waals surface area contributed by atoms with E-state index in [1.807, 2.05) is 24.5 Å². The molecule has 1 aliphatic rings. The fourth-order valence-electron chi connectivity index (χ4n) is 0.903. The Morgan fingerprint density at radius 1 is 0.900 bits per heavy atom. The predicted octanol–water partition coefficient (Wildman–Crippen LogP) is 1.38. The Hall–Kier alpha value is -0.760. The monoisotopic (exact) mass is 138 g/mol. The molecule has 2 N–H and O–H groups in total. The number of H-pyrrole nitrogens is 1. The minimum Gasteiger partial charge on any atom is -0.368 e. The molecule has 10 heavy (non-hydrogen) atoms. The van der Waals surface area contributed by atoms with Crippen LogP contribution in [-0.2, 0) is 0 Å². The number of aromatic nitrogens is 1. The molecule has 2 heteroatoms. The lowest BCUT2D eigenvalue weighted by atomic mass is 10.4. The number of hydrogen-bond donors (Lipinski definition) is 2. The zero-order chi connectivity index (χ0) is 7.07. The van der Waals surface area contributed by atoms with Crippen LogP contribution in [0.1, 0.15) is 12.8 Å². The summed E-state index contributed by atoms with van der Waals surface area (Å²) in [4.78, 5) is 2.86. The second kappa shape index (κ2) is 5.06. The molecule has 1 aromatic rings. The van der Waals surface area contributed by atoms with E-state index in [0.29, 0.717) is 0 Å². The number of aromatic amines is 1. The van der Waals surface area contributed by atoms with Crippen molar-refractivity contribution in [2.24, 2.45) is 0 Å². The summed E-state index contributed by atoms with van der Waals surface area (Å²) in [6.45, 7) is 2.50. The summed E-state index contributed by atoms with van der Waals surface area (Å²) < 4.78 is 0. The normalized spacial score (nSPS) is 16.0. The first-order valence-corrected chi connectivity index (χ1v) is 3.78. The van der Waals surface area contributed by atoms with Crippen LogP contribution in [0.25, 0.3) is 0 Å². The van der Waals surface area contributed by atoms with Crippen molar-refractivity contribution in [2.75, 3.05) is 13.1 Å². The SMILES string of the molecule is C1CCNC1.c1cc[nH]c1. The van der Waals surface area contributed by atoms with E-state index < -0.39 is 0 Å². The Bertz CT molecular complexity index is 106. The average molecular weight is 138 g/mol. The molecular formula is C8H14N2. The number of nitrogens with one attached hydrogen (secondary N) is 2. The topological polar surface area (TPSA) is 27.8 Å². The summed E-state index contributed by atoms with van der Waals surface area (Å²) in [5.41, 5.74) is 0. The Balaban J connectivity index is 0.0000001000. The Labute approximate surface area is 61.7 Å². The van der Waals surface area contributed by atoms with Crippen molar-refractivity contribution < 1.29 is 0 Å². The molecular weight excluding hydrogens is 124 g/mol. The minimum atomic E-state index is 1.25. The van der Waals surface area contributed by atoms with Crippen LogP contribution in [0, 0.1) is 0 Å². The molecule has 2 heterocycles. The van der Waals surface area contributed by atoms with Gasteiger partial charge in [0.15, 0.2) is 0 Å². The molecule has 0 bridgehead atoms. The van der Waals surface area contributed by atoms with Gasteiger partial charge in [-0.1, -0.05) is 0 Å². The van der Waals surface area contributed by atoms with E-state index in [9.17, 15) is 0 Å². The summed E-state index contributed by atoms with van der Waals surface area (Å²) in [6, 6.07) is 3.89. The van der Waals surface area contributed by atoms with Gasteiger partial charge in [0, 0.05) is 12.4 Å². The standard InChI is InChI=1S/C4H9N.C4H5N/c2*1-2-4-5-3-1/h5H,1-4H2;1-5H. The zero-order valence-corrected chi connectivity index (χ0v) is 6.14. The van der Waals surface area contributed by atoms with Crippen molar-refractivity contribution in [1.29, 1.82) is 0 Å². The van der Waals surface area contributed by atoms with Crippen molar-refractivity contribution in [1.82, 2.24) is 10.3 Å². The number of rotatable bonds is 0. The van der Waals surface area contributed by atoms with Crippen LogP contribution in [0.15, 0.2) is 24.5 Å². The molecule has 0 aromatic carbocycles. The second-order valence-corrected chi connectivity index (χ2v) is 2.34. The molecule has 0 unspecified atom stereocenters. The summed E-state index contributed by atoms with van der Waals surface area (Å²) in [7, 11) is 0. The van der Waals surface area contributed by atoms with Gasteiger partial charge in [0.25, 0.3) is 0 Å². The molecule has 56 valence electrons. The fraction of sp³-hybridized carbons (Fsp3) is 0.500. The van der Waals surface area contributed by atoms with Crippen molar-refractivity contribution >= 4 is 0 Å². The zero-order valence-electron chi connectivity index (χ0n) is 6.14. The third kappa shape index (κ3) is 3.30. The predicted molar refractivity (Wildman–Crippen MR) is 42.9 cm³/mol. The summed E-state index contributed by atoms with van der Waals surface area (Å²) in [6.07, 6.45) is 6.53. The lowest BCUT2D eigenvalue weighted by Gasteiger charge is -1.76. The summed E-state index contributed by atoms with van der Waals surface area (Å²) >= 11 is 0. The molecule has 1 aliphatic heterocycles. The van der Waals surface area contributed by atoms with Crippen molar-refractivity contribution in [2.45, 2.75) is 12.8 Å². The van der Waals surface area contributed by atoms with Crippen molar-refractivity contribution in [3.05, 3.63) is 24.5 Å². The van der Waals surface area contributed by atoms with Crippen LogP contribution in [0.2, 0.25) is 0 Å². The number of hydrogen-bond acceptors (Lipinski definition) is 1. The van der Waals surface area contributed by atoms with Gasteiger partial charge in [-0.2, -0.15) is 0 Å². The van der Waals surface area contributed by atoms with Crippen LogP contribution < -0.4 is 5.32 Å². The summed E-state index contributed by atoms with van der Waals surface area (Å²) in [5.74, 6) is 0. The van der Waals surface area contributed by atoms with Crippen molar-refractivity contribution in [3.63, 3.8) is 0 Å². The Kier molecular flexibility index (Phi) is 3.72. The van der Waals surface area contributed by atoms with E-state index in [-0.39, 0.29) is 0 Å². The van der Waals surface area contributed by atoms with Gasteiger partial charge in [-0.25, -0.2) is 0 Å². The molecule has 0 spiro atoms. The largest absolute Gasteiger partial charge is 0.368 e. The fourth-order valence-corrected chi connectivity index (χ4v) is 0.903. The van der Waals surface area contributed by atoms with Gasteiger partial charge in [0.1, 0.15) is 0 Å². The molecule has 1 saturated heterocycles. The molecule has 2 rings (SSSR count). The molecule has 0 amide bonds. The first-order valence-electron chi connectivity index (χ1n) is 3.78. The Morgan fingerprint density at radius 2 is 1.50 bits per heavy atom. The molecule has 0 aliphatic carbocycles. The molecule has 0 radical (unpaired) electrons. The maximum Gasteiger partial charge on any atom is 0.000496 e. The van der Waals surface area contributed by atoms with E-state index in [1.165, 1.54) is 25.9 Å². The maximum atomic E-state index is 3.22. The molecule has 0 atom stereocenters. The van der Waals surface area contributed by atoms with Crippen LogP contribution in [0.5, 0.6) is 0 Å². The van der Waals surface area contributed by atoms with Crippen LogP contribution in [-0.4, -0.2) is 18.1 Å². The van der Waals surface area contributed by atoms with E-state index in [2.05, 4.69) is 10.3 Å². The van der Waals surface area contributed by atoms with Crippen LogP contribution in [0.3, 0.4) is 0 Å². The van der Waals surface area contributed by atoms with E-state index >= 15 is 0 Å². The van der Waals surface area contributed by atoms with Gasteiger partial charge in [-0.3, -0.25) is 0 Å². The average Bonchev–Trinajstić information content (AvgIpc) is 2.67. The quantitative estimate of drug-likeness (QED) is 0.557. The van der Waals surface area contributed by atoms with Crippen LogP contribution >= 0.6 is 0 Å². The minimum absolute atomic E-state index is 1.25.